The van der Waals surface area contributed by atoms with Gasteiger partial charge in [0.05, 0.1) is 41.0 Å². The van der Waals surface area contributed by atoms with Crippen molar-refractivity contribution in [2.75, 3.05) is 31.6 Å². The van der Waals surface area contributed by atoms with Crippen molar-refractivity contribution in [3.63, 3.8) is 0 Å². The molecule has 6 bridgehead atoms. The van der Waals surface area contributed by atoms with Gasteiger partial charge in [-0.05, 0) is 43.4 Å². The Hall–Kier alpha value is -3.75. The van der Waals surface area contributed by atoms with Gasteiger partial charge in [0.25, 0.3) is 0 Å². The highest BCUT2D eigenvalue weighted by atomic mass is 16.6. The first-order chi connectivity index (χ1) is 16.2. The molecule has 0 radical (unpaired) electrons. The van der Waals surface area contributed by atoms with Crippen molar-refractivity contribution < 1.29 is 9.53 Å². The van der Waals surface area contributed by atoms with Crippen LogP contribution in [0.5, 0.6) is 0 Å². The van der Waals surface area contributed by atoms with Gasteiger partial charge in [-0.15, -0.1) is 0 Å². The van der Waals surface area contributed by atoms with Crippen LogP contribution in [-0.4, -0.2) is 68.9 Å². The zero-order chi connectivity index (χ0) is 22.4. The summed E-state index contributed by atoms with van der Waals surface area (Å²) in [5.74, 6) is 0.861. The molecule has 1 N–H and O–H groups in total. The van der Waals surface area contributed by atoms with Crippen molar-refractivity contribution in [1.82, 2.24) is 30.0 Å². The van der Waals surface area contributed by atoms with Crippen LogP contribution < -0.4 is 4.90 Å². The molecule has 0 saturated carbocycles. The van der Waals surface area contributed by atoms with E-state index in [1.54, 1.807) is 11.2 Å². The highest BCUT2D eigenvalue weighted by molar-refractivity contribution is 5.98. The van der Waals surface area contributed by atoms with Crippen LogP contribution in [-0.2, 0) is 11.2 Å². The summed E-state index contributed by atoms with van der Waals surface area (Å²) in [5.41, 5.74) is 4.85. The zero-order valence-corrected chi connectivity index (χ0v) is 18.5. The van der Waals surface area contributed by atoms with E-state index in [2.05, 4.69) is 31.1 Å². The molecule has 0 spiro atoms. The monoisotopic (exact) mass is 443 g/mol. The number of fused-ring (bicyclic) bond motifs is 7. The maximum Gasteiger partial charge on any atom is 0.409 e. The van der Waals surface area contributed by atoms with Crippen LogP contribution in [0.25, 0.3) is 33.1 Å². The third-order valence-electron chi connectivity index (χ3n) is 6.81. The molecule has 1 saturated heterocycles. The summed E-state index contributed by atoms with van der Waals surface area (Å²) in [6, 6.07) is 6.26. The Morgan fingerprint density at radius 2 is 2.06 bits per heavy atom. The Bertz CT molecular complexity index is 1350. The fourth-order valence-corrected chi connectivity index (χ4v) is 5.04. The van der Waals surface area contributed by atoms with Gasteiger partial charge in [-0.1, -0.05) is 6.07 Å². The number of hydrogen-bond acceptors (Lipinski definition) is 7. The Kier molecular flexibility index (Phi) is 4.82. The number of aromatic amines is 1. The number of H-pyrrole nitrogens is 1. The van der Waals surface area contributed by atoms with Gasteiger partial charge in [0.15, 0.2) is 0 Å². The molecule has 9 nitrogen and oxygen atoms in total. The predicted octanol–water partition coefficient (Wildman–Crippen LogP) is 3.55. The lowest BCUT2D eigenvalue weighted by molar-refractivity contribution is 0.0927. The number of benzene rings is 1. The quantitative estimate of drug-likeness (QED) is 0.444. The van der Waals surface area contributed by atoms with Gasteiger partial charge in [-0.3, -0.25) is 10.1 Å². The van der Waals surface area contributed by atoms with Gasteiger partial charge in [-0.2, -0.15) is 5.10 Å². The number of piperidine rings is 1. The maximum absolute atomic E-state index is 12.7. The number of aromatic nitrogens is 5. The molecule has 9 heteroatoms. The minimum Gasteiger partial charge on any atom is -0.449 e. The van der Waals surface area contributed by atoms with E-state index < -0.39 is 0 Å². The molecule has 3 aliphatic heterocycles. The van der Waals surface area contributed by atoms with E-state index in [4.69, 9.17) is 9.72 Å². The van der Waals surface area contributed by atoms with E-state index in [-0.39, 0.29) is 12.1 Å². The summed E-state index contributed by atoms with van der Waals surface area (Å²) < 4.78 is 5.62. The molecule has 33 heavy (non-hydrogen) atoms. The lowest BCUT2D eigenvalue weighted by Gasteiger charge is -2.38. The summed E-state index contributed by atoms with van der Waals surface area (Å²) in [6.45, 7) is 1.96. The normalized spacial score (nSPS) is 19.3. The lowest BCUT2D eigenvalue weighted by atomic mass is 9.96. The molecule has 1 unspecified atom stereocenters. The molecular weight excluding hydrogens is 418 g/mol. The van der Waals surface area contributed by atoms with Crippen LogP contribution in [0.1, 0.15) is 24.8 Å². The smallest absolute Gasteiger partial charge is 0.409 e. The molecule has 1 amide bonds. The molecule has 3 aliphatic rings. The number of hydrogen-bond donors (Lipinski definition) is 1. The van der Waals surface area contributed by atoms with Gasteiger partial charge < -0.3 is 14.5 Å². The van der Waals surface area contributed by atoms with Gasteiger partial charge in [-0.25, -0.2) is 14.8 Å². The second-order valence-electron chi connectivity index (χ2n) is 8.79. The van der Waals surface area contributed by atoms with Gasteiger partial charge in [0.1, 0.15) is 12.1 Å². The van der Waals surface area contributed by atoms with E-state index >= 15 is 0 Å². The first-order valence-corrected chi connectivity index (χ1v) is 11.4. The number of aryl methyl sites for hydroxylation is 1. The predicted molar refractivity (Wildman–Crippen MR) is 125 cm³/mol. The maximum atomic E-state index is 12.7. The minimum absolute atomic E-state index is 0.0755. The number of ether oxygens (including phenoxy) is 1. The number of rotatable bonds is 0. The number of carbonyl (C=O) groups is 1. The number of amides is 1. The molecule has 1 atom stereocenters. The topological polar surface area (TPSA) is 100 Å². The first kappa shape index (κ1) is 19.9. The average molecular weight is 444 g/mol. The second kappa shape index (κ2) is 7.99. The summed E-state index contributed by atoms with van der Waals surface area (Å²) in [4.78, 5) is 30.7. The van der Waals surface area contributed by atoms with Crippen molar-refractivity contribution >= 4 is 33.7 Å². The number of likely N-dealkylation sites (N-methyl/N-ethyl adjacent to an activating group) is 1. The lowest BCUT2D eigenvalue weighted by Crippen LogP contribution is -2.49. The minimum atomic E-state index is -0.266. The number of nitrogens with zero attached hydrogens (tertiary/aromatic N) is 6. The average Bonchev–Trinajstić information content (AvgIpc) is 3.33. The van der Waals surface area contributed by atoms with Crippen LogP contribution in [0.15, 0.2) is 36.9 Å². The molecule has 4 aromatic rings. The molecule has 1 fully saturated rings. The number of pyridine rings is 1. The van der Waals surface area contributed by atoms with E-state index in [1.807, 2.05) is 31.6 Å². The Morgan fingerprint density at radius 3 is 3.00 bits per heavy atom. The van der Waals surface area contributed by atoms with Crippen molar-refractivity contribution in [2.45, 2.75) is 31.7 Å². The van der Waals surface area contributed by atoms with Crippen LogP contribution in [0.2, 0.25) is 0 Å². The summed E-state index contributed by atoms with van der Waals surface area (Å²) in [5, 5.41) is 9.23. The standard InChI is InChI=1S/C24H25N7O2/c1-30-16-5-2-8-31(13-16)23-18-11-25-21(10-20(18)26-14-27-23)22-15(4-3-9-33-24(30)32)6-7-19-17(22)12-28-29-19/h6-7,10-12,14,16H,2-5,8-9,13H2,1H3,(H,28,29). The molecule has 1 aromatic carbocycles. The van der Waals surface area contributed by atoms with Gasteiger partial charge in [0.2, 0.25) is 0 Å². The van der Waals surface area contributed by atoms with Crippen molar-refractivity contribution in [3.05, 3.63) is 42.5 Å². The van der Waals surface area contributed by atoms with Gasteiger partial charge in [0, 0.05) is 37.3 Å². The summed E-state index contributed by atoms with van der Waals surface area (Å²) >= 11 is 0. The van der Waals surface area contributed by atoms with E-state index in [9.17, 15) is 4.79 Å². The zero-order valence-electron chi connectivity index (χ0n) is 18.5. The van der Waals surface area contributed by atoms with Crippen LogP contribution in [0.3, 0.4) is 0 Å². The highest BCUT2D eigenvalue weighted by Gasteiger charge is 2.29. The first-order valence-electron chi connectivity index (χ1n) is 11.4. The van der Waals surface area contributed by atoms with Crippen LogP contribution in [0.4, 0.5) is 10.6 Å². The van der Waals surface area contributed by atoms with Crippen LogP contribution >= 0.6 is 0 Å². The van der Waals surface area contributed by atoms with E-state index in [0.29, 0.717) is 13.2 Å². The summed E-state index contributed by atoms with van der Waals surface area (Å²) in [6.07, 6.45) is 8.49. The van der Waals surface area contributed by atoms with Crippen molar-refractivity contribution in [2.24, 2.45) is 0 Å². The number of carbonyl (C=O) groups excluding carboxylic acids is 1. The molecular formula is C24H25N7O2. The molecule has 6 heterocycles. The fraction of sp³-hybridized carbons (Fsp3) is 0.375. The Balaban J connectivity index is 1.53. The van der Waals surface area contributed by atoms with Gasteiger partial charge >= 0.3 is 6.09 Å². The van der Waals surface area contributed by atoms with Crippen molar-refractivity contribution in [3.8, 4) is 11.3 Å². The highest BCUT2D eigenvalue weighted by Crippen LogP contribution is 2.34. The van der Waals surface area contributed by atoms with E-state index in [1.165, 1.54) is 0 Å². The number of anilines is 1. The third kappa shape index (κ3) is 3.44. The molecule has 168 valence electrons. The largest absolute Gasteiger partial charge is 0.449 e. The Labute approximate surface area is 190 Å². The third-order valence-corrected chi connectivity index (χ3v) is 6.81. The SMILES string of the molecule is CN1C(=O)OCCCc2ccc3[nH]ncc3c2-c2cc3ncnc(c3cn2)N2CCCC1C2. The molecule has 0 aliphatic carbocycles. The molecule has 7 rings (SSSR count). The second-order valence-corrected chi connectivity index (χ2v) is 8.79. The fourth-order valence-electron chi connectivity index (χ4n) is 5.04. The summed E-state index contributed by atoms with van der Waals surface area (Å²) in [7, 11) is 1.83. The van der Waals surface area contributed by atoms with Crippen LogP contribution in [0, 0.1) is 0 Å². The Morgan fingerprint density at radius 1 is 1.12 bits per heavy atom. The van der Waals surface area contributed by atoms with Crippen molar-refractivity contribution in [1.29, 1.82) is 0 Å². The molecule has 3 aromatic heterocycles. The van der Waals surface area contributed by atoms with E-state index in [0.717, 1.165) is 76.7 Å². The number of nitrogens with one attached hydrogen (secondary N) is 1.